The van der Waals surface area contributed by atoms with Gasteiger partial charge in [-0.25, -0.2) is 9.59 Å². The van der Waals surface area contributed by atoms with Gasteiger partial charge in [-0.15, -0.1) is 0 Å². The second kappa shape index (κ2) is 10.4. The molecule has 11 heteroatoms. The Labute approximate surface area is 281 Å². The van der Waals surface area contributed by atoms with Crippen LogP contribution in [-0.4, -0.2) is 32.2 Å². The van der Waals surface area contributed by atoms with Crippen LogP contribution in [0.4, 0.5) is 4.39 Å². The molecule has 1 aromatic heterocycles. The van der Waals surface area contributed by atoms with E-state index in [2.05, 4.69) is 4.98 Å². The molecule has 0 radical (unpaired) electrons. The summed E-state index contributed by atoms with van der Waals surface area (Å²) in [6, 6.07) is 19.4. The summed E-state index contributed by atoms with van der Waals surface area (Å²) >= 11 is 13.5. The predicted octanol–water partition coefficient (Wildman–Crippen LogP) is 9.00. The van der Waals surface area contributed by atoms with E-state index in [1.165, 1.54) is 18.3 Å². The molecule has 0 amide bonds. The molecule has 1 spiro atoms. The van der Waals surface area contributed by atoms with Gasteiger partial charge in [-0.3, -0.25) is 4.98 Å². The Balaban J connectivity index is 1.65. The van der Waals surface area contributed by atoms with Gasteiger partial charge in [-0.2, -0.15) is 4.39 Å². The Morgan fingerprint density at radius 2 is 1.60 bits per heavy atom. The van der Waals surface area contributed by atoms with Crippen molar-refractivity contribution in [3.8, 4) is 45.3 Å². The fourth-order valence-electron chi connectivity index (χ4n) is 6.83. The van der Waals surface area contributed by atoms with Crippen LogP contribution >= 0.6 is 23.2 Å². The van der Waals surface area contributed by atoms with Crippen molar-refractivity contribution in [2.75, 3.05) is 0 Å². The van der Waals surface area contributed by atoms with E-state index in [0.29, 0.717) is 16.7 Å². The number of hydrogen-bond acceptors (Lipinski definition) is 7. The quantitative estimate of drug-likeness (QED) is 0.158. The average molecular weight is 680 g/mol. The molecule has 8 rings (SSSR count). The smallest absolute Gasteiger partial charge is 0.341 e. The molecule has 3 heterocycles. The van der Waals surface area contributed by atoms with Crippen molar-refractivity contribution in [3.05, 3.63) is 134 Å². The molecule has 2 aliphatic rings. The molecule has 0 bridgehead atoms. The number of phenolic OH excluding ortho intramolecular Hbond substituents is 2. The van der Waals surface area contributed by atoms with Gasteiger partial charge in [-0.1, -0.05) is 77.8 Å². The third kappa shape index (κ3) is 3.85. The van der Waals surface area contributed by atoms with E-state index in [9.17, 15) is 24.9 Å². The fraction of sp³-hybridized carbons (Fsp3) is 0.0541. The molecule has 1 unspecified atom stereocenters. The number of aromatic carboxylic acids is 1. The van der Waals surface area contributed by atoms with Crippen molar-refractivity contribution >= 4 is 45.9 Å². The number of carboxylic acid groups (broad SMARTS) is 1. The Hall–Kier alpha value is -5.64. The van der Waals surface area contributed by atoms with Crippen LogP contribution < -0.4 is 4.74 Å². The number of esters is 1. The largest absolute Gasteiger partial charge is 0.507 e. The summed E-state index contributed by atoms with van der Waals surface area (Å²) in [5, 5.41) is 32.9. The van der Waals surface area contributed by atoms with Gasteiger partial charge in [0, 0.05) is 40.0 Å². The van der Waals surface area contributed by atoms with Gasteiger partial charge in [0.25, 0.3) is 0 Å². The van der Waals surface area contributed by atoms with Gasteiger partial charge in [0.15, 0.2) is 17.1 Å². The maximum Gasteiger partial charge on any atom is 0.341 e. The number of pyridine rings is 1. The molecule has 48 heavy (non-hydrogen) atoms. The number of hydrogen-bond donors (Lipinski definition) is 3. The predicted molar refractivity (Wildman–Crippen MR) is 176 cm³/mol. The summed E-state index contributed by atoms with van der Waals surface area (Å²) < 4.78 is 29.3. The van der Waals surface area contributed by atoms with Crippen LogP contribution in [0.25, 0.3) is 33.0 Å². The maximum absolute atomic E-state index is 16.5. The third-order valence-electron chi connectivity index (χ3n) is 8.91. The number of aryl methyl sites for hydroxylation is 1. The summed E-state index contributed by atoms with van der Waals surface area (Å²) in [4.78, 5) is 30.7. The van der Waals surface area contributed by atoms with E-state index in [-0.39, 0.29) is 65.7 Å². The summed E-state index contributed by atoms with van der Waals surface area (Å²) in [5.74, 6) is -5.20. The number of halogens is 3. The Morgan fingerprint density at radius 1 is 0.875 bits per heavy atom. The van der Waals surface area contributed by atoms with Gasteiger partial charge in [0.05, 0.1) is 32.3 Å². The molecule has 3 N–H and O–H groups in total. The lowest BCUT2D eigenvalue weighted by Gasteiger charge is -2.39. The van der Waals surface area contributed by atoms with E-state index in [1.54, 1.807) is 54.7 Å². The number of nitrogens with zero attached hydrogens (tertiary/aromatic N) is 1. The summed E-state index contributed by atoms with van der Waals surface area (Å²) in [6.45, 7) is 1.81. The zero-order valence-corrected chi connectivity index (χ0v) is 26.2. The Bertz CT molecular complexity index is 2430. The minimum Gasteiger partial charge on any atom is -0.507 e. The first-order valence-electron chi connectivity index (χ1n) is 14.5. The second-order valence-corrected chi connectivity index (χ2v) is 12.2. The lowest BCUT2D eigenvalue weighted by molar-refractivity contribution is 0.0227. The first-order chi connectivity index (χ1) is 23.1. The van der Waals surface area contributed by atoms with Gasteiger partial charge >= 0.3 is 11.9 Å². The van der Waals surface area contributed by atoms with E-state index in [1.807, 2.05) is 13.0 Å². The minimum absolute atomic E-state index is 0.0617. The van der Waals surface area contributed by atoms with Crippen LogP contribution in [0.15, 0.2) is 85.2 Å². The highest BCUT2D eigenvalue weighted by Gasteiger charge is 2.58. The van der Waals surface area contributed by atoms with Crippen LogP contribution in [0.3, 0.4) is 0 Å². The average Bonchev–Trinajstić information content (AvgIpc) is 3.39. The highest BCUT2D eigenvalue weighted by atomic mass is 35.5. The molecule has 6 aromatic rings. The van der Waals surface area contributed by atoms with Gasteiger partial charge in [-0.05, 0) is 41.6 Å². The lowest BCUT2D eigenvalue weighted by atomic mass is 9.73. The number of carboxylic acids is 1. The van der Waals surface area contributed by atoms with Crippen molar-refractivity contribution in [1.29, 1.82) is 0 Å². The van der Waals surface area contributed by atoms with E-state index >= 15 is 4.39 Å². The van der Waals surface area contributed by atoms with Crippen molar-refractivity contribution in [1.82, 2.24) is 4.98 Å². The highest BCUT2D eigenvalue weighted by Crippen LogP contribution is 2.65. The molecule has 2 aliphatic heterocycles. The molecular weight excluding hydrogens is 660 g/mol. The number of benzene rings is 5. The van der Waals surface area contributed by atoms with Crippen LogP contribution in [-0.2, 0) is 10.3 Å². The van der Waals surface area contributed by atoms with Crippen molar-refractivity contribution in [2.24, 2.45) is 0 Å². The topological polar surface area (TPSA) is 126 Å². The van der Waals surface area contributed by atoms with Crippen molar-refractivity contribution in [3.63, 3.8) is 0 Å². The number of aromatic nitrogens is 1. The zero-order chi connectivity index (χ0) is 33.6. The number of carbonyl (C=O) groups is 2. The van der Waals surface area contributed by atoms with Gasteiger partial charge in [0.1, 0.15) is 11.5 Å². The summed E-state index contributed by atoms with van der Waals surface area (Å²) in [6.07, 6.45) is 3.09. The molecule has 1 atom stereocenters. The highest BCUT2D eigenvalue weighted by molar-refractivity contribution is 6.39. The zero-order valence-electron chi connectivity index (χ0n) is 24.6. The lowest BCUT2D eigenvalue weighted by Crippen LogP contribution is -2.34. The number of ether oxygens (including phenoxy) is 2. The number of phenols is 2. The van der Waals surface area contributed by atoms with Crippen molar-refractivity contribution in [2.45, 2.75) is 12.5 Å². The first kappa shape index (κ1) is 29.7. The van der Waals surface area contributed by atoms with Crippen LogP contribution in [0.1, 0.15) is 43.0 Å². The second-order valence-electron chi connectivity index (χ2n) is 11.4. The van der Waals surface area contributed by atoms with Gasteiger partial charge in [0.2, 0.25) is 5.82 Å². The number of rotatable bonds is 3. The number of carbonyl (C=O) groups excluding carboxylic acids is 1. The number of aromatic hydroxyl groups is 2. The molecule has 0 fully saturated rings. The standard InChI is InChI=1S/C37H20Cl2FNO7/c1-16-7-2-3-9-18(16)25-31(42)21(17-8-6-12-41-15-17)13-23-33(25)47-34-27(19-10-4-5-11-20(19)32(43)30(34)40)37(23)28-26(36(46)48-37)24(38)14-22(29(28)39)35(44)45/h2-15,42-43H,1H3,(H,44,45). The fourth-order valence-corrected chi connectivity index (χ4v) is 7.48. The monoisotopic (exact) mass is 679 g/mol. The first-order valence-corrected chi connectivity index (χ1v) is 15.3. The van der Waals surface area contributed by atoms with Crippen LogP contribution in [0.5, 0.6) is 23.0 Å². The molecule has 5 aromatic carbocycles. The maximum atomic E-state index is 16.5. The van der Waals surface area contributed by atoms with Crippen LogP contribution in [0, 0.1) is 12.7 Å². The van der Waals surface area contributed by atoms with Gasteiger partial charge < -0.3 is 24.8 Å². The molecule has 0 aliphatic carbocycles. The van der Waals surface area contributed by atoms with E-state index in [0.717, 1.165) is 6.07 Å². The third-order valence-corrected chi connectivity index (χ3v) is 9.60. The number of fused-ring (bicyclic) bond motifs is 8. The molecule has 0 saturated heterocycles. The SMILES string of the molecule is Cc1ccccc1-c1c(O)c(-c2cccnc2)cc2c1Oc1c(F)c(O)c3ccccc3c1C21OC(=O)c2c(Cl)cc(C(=O)O)c(Cl)c21. The van der Waals surface area contributed by atoms with Crippen molar-refractivity contribution < 1.29 is 38.8 Å². The molecule has 236 valence electrons. The Kier molecular flexibility index (Phi) is 6.46. The molecule has 0 saturated carbocycles. The molecular formula is C37H20Cl2FNO7. The Morgan fingerprint density at radius 3 is 2.31 bits per heavy atom. The van der Waals surface area contributed by atoms with E-state index < -0.39 is 40.4 Å². The summed E-state index contributed by atoms with van der Waals surface area (Å²) in [5.41, 5.74) is -0.938. The molecule has 8 nitrogen and oxygen atoms in total. The summed E-state index contributed by atoms with van der Waals surface area (Å²) in [7, 11) is 0. The minimum atomic E-state index is -2.20. The van der Waals surface area contributed by atoms with E-state index in [4.69, 9.17) is 32.7 Å². The normalized spacial score (nSPS) is 15.9. The van der Waals surface area contributed by atoms with Crippen LogP contribution in [0.2, 0.25) is 10.0 Å².